The van der Waals surface area contributed by atoms with Crippen LogP contribution in [0.2, 0.25) is 0 Å². The standard InChI is InChI=1S/C13H15N3O3S/c1-2-19-12-4-3-10(14)9-13(12)20(17,18)16-11-5-7-15-8-6-11/h3-9H,2,14H2,1H3,(H,15,16). The van der Waals surface area contributed by atoms with Crippen LogP contribution in [0.5, 0.6) is 5.75 Å². The van der Waals surface area contributed by atoms with Crippen molar-refractivity contribution in [3.05, 3.63) is 42.7 Å². The minimum atomic E-state index is -3.77. The highest BCUT2D eigenvalue weighted by molar-refractivity contribution is 7.92. The fourth-order valence-electron chi connectivity index (χ4n) is 1.64. The van der Waals surface area contributed by atoms with Crippen LogP contribution in [0, 0.1) is 0 Å². The number of nitrogens with one attached hydrogen (secondary N) is 1. The Labute approximate surface area is 117 Å². The highest BCUT2D eigenvalue weighted by Crippen LogP contribution is 2.27. The molecule has 0 unspecified atom stereocenters. The van der Waals surface area contributed by atoms with Gasteiger partial charge in [-0.3, -0.25) is 9.71 Å². The summed E-state index contributed by atoms with van der Waals surface area (Å²) in [5.41, 5.74) is 6.43. The van der Waals surface area contributed by atoms with Crippen LogP contribution < -0.4 is 15.2 Å². The van der Waals surface area contributed by atoms with Crippen LogP contribution in [0.4, 0.5) is 11.4 Å². The van der Waals surface area contributed by atoms with E-state index in [1.54, 1.807) is 31.2 Å². The van der Waals surface area contributed by atoms with Gasteiger partial charge in [0.1, 0.15) is 10.6 Å². The van der Waals surface area contributed by atoms with Gasteiger partial charge in [-0.05, 0) is 37.3 Å². The van der Waals surface area contributed by atoms with E-state index in [9.17, 15) is 8.42 Å². The summed E-state index contributed by atoms with van der Waals surface area (Å²) in [6, 6.07) is 7.62. The Hall–Kier alpha value is -2.28. The Balaban J connectivity index is 2.41. The number of aromatic nitrogens is 1. The molecule has 0 spiro atoms. The van der Waals surface area contributed by atoms with Crippen molar-refractivity contribution >= 4 is 21.4 Å². The van der Waals surface area contributed by atoms with E-state index in [4.69, 9.17) is 10.5 Å². The zero-order chi connectivity index (χ0) is 14.6. The number of ether oxygens (including phenoxy) is 1. The predicted octanol–water partition coefficient (Wildman–Crippen LogP) is 1.86. The Morgan fingerprint density at radius 2 is 1.95 bits per heavy atom. The Kier molecular flexibility index (Phi) is 4.09. The minimum absolute atomic E-state index is 0.0103. The molecule has 0 amide bonds. The zero-order valence-electron chi connectivity index (χ0n) is 10.9. The number of nitrogens with zero attached hydrogens (tertiary/aromatic N) is 1. The lowest BCUT2D eigenvalue weighted by atomic mass is 10.3. The summed E-state index contributed by atoms with van der Waals surface area (Å²) in [6.07, 6.45) is 3.00. The van der Waals surface area contributed by atoms with Gasteiger partial charge in [0.15, 0.2) is 0 Å². The third-order valence-electron chi connectivity index (χ3n) is 2.49. The first kappa shape index (κ1) is 14.1. The molecule has 0 aliphatic rings. The smallest absolute Gasteiger partial charge is 0.265 e. The molecule has 2 rings (SSSR count). The van der Waals surface area contributed by atoms with Gasteiger partial charge in [0.05, 0.1) is 12.3 Å². The molecule has 1 heterocycles. The number of nitrogens with two attached hydrogens (primary N) is 1. The van der Waals surface area contributed by atoms with Crippen molar-refractivity contribution in [3.63, 3.8) is 0 Å². The van der Waals surface area contributed by atoms with Crippen molar-refractivity contribution in [3.8, 4) is 5.75 Å². The highest BCUT2D eigenvalue weighted by Gasteiger charge is 2.20. The van der Waals surface area contributed by atoms with Crippen LogP contribution in [0.1, 0.15) is 6.92 Å². The van der Waals surface area contributed by atoms with E-state index >= 15 is 0 Å². The molecule has 0 saturated heterocycles. The maximum atomic E-state index is 12.4. The van der Waals surface area contributed by atoms with Gasteiger partial charge in [0.25, 0.3) is 10.0 Å². The normalized spacial score (nSPS) is 11.1. The van der Waals surface area contributed by atoms with Gasteiger partial charge in [-0.2, -0.15) is 0 Å². The Bertz CT molecular complexity index is 687. The summed E-state index contributed by atoms with van der Waals surface area (Å²) in [5.74, 6) is 0.267. The minimum Gasteiger partial charge on any atom is -0.492 e. The second-order valence-corrected chi connectivity index (χ2v) is 5.63. The van der Waals surface area contributed by atoms with Gasteiger partial charge in [-0.15, -0.1) is 0 Å². The number of pyridine rings is 1. The summed E-state index contributed by atoms with van der Waals surface area (Å²) < 4.78 is 32.6. The maximum Gasteiger partial charge on any atom is 0.265 e. The van der Waals surface area contributed by atoms with Crippen molar-refractivity contribution in [1.29, 1.82) is 0 Å². The number of anilines is 2. The molecular formula is C13H15N3O3S. The Morgan fingerprint density at radius 1 is 1.25 bits per heavy atom. The lowest BCUT2D eigenvalue weighted by Gasteiger charge is -2.13. The van der Waals surface area contributed by atoms with Gasteiger partial charge in [-0.25, -0.2) is 8.42 Å². The zero-order valence-corrected chi connectivity index (χ0v) is 11.7. The number of hydrogen-bond donors (Lipinski definition) is 2. The molecule has 0 aliphatic carbocycles. The largest absolute Gasteiger partial charge is 0.492 e. The monoisotopic (exact) mass is 293 g/mol. The number of rotatable bonds is 5. The van der Waals surface area contributed by atoms with E-state index in [1.807, 2.05) is 0 Å². The van der Waals surface area contributed by atoms with Crippen LogP contribution in [-0.4, -0.2) is 20.0 Å². The second kappa shape index (κ2) is 5.79. The maximum absolute atomic E-state index is 12.4. The molecule has 3 N–H and O–H groups in total. The molecular weight excluding hydrogens is 278 g/mol. The van der Waals surface area contributed by atoms with Gasteiger partial charge >= 0.3 is 0 Å². The first-order valence-corrected chi connectivity index (χ1v) is 7.46. The van der Waals surface area contributed by atoms with Crippen molar-refractivity contribution in [1.82, 2.24) is 4.98 Å². The molecule has 0 bridgehead atoms. The highest BCUT2D eigenvalue weighted by atomic mass is 32.2. The molecule has 7 heteroatoms. The fourth-order valence-corrected chi connectivity index (χ4v) is 2.88. The predicted molar refractivity (Wildman–Crippen MR) is 77.1 cm³/mol. The second-order valence-electron chi connectivity index (χ2n) is 3.98. The van der Waals surface area contributed by atoms with Gasteiger partial charge in [0.2, 0.25) is 0 Å². The van der Waals surface area contributed by atoms with Crippen LogP contribution in [0.15, 0.2) is 47.6 Å². The number of nitrogen functional groups attached to an aromatic ring is 1. The average molecular weight is 293 g/mol. The van der Waals surface area contributed by atoms with E-state index < -0.39 is 10.0 Å². The summed E-state index contributed by atoms with van der Waals surface area (Å²) in [7, 11) is -3.77. The lowest BCUT2D eigenvalue weighted by Crippen LogP contribution is -2.15. The topological polar surface area (TPSA) is 94.3 Å². The van der Waals surface area contributed by atoms with Gasteiger partial charge in [-0.1, -0.05) is 0 Å². The van der Waals surface area contributed by atoms with Crippen LogP contribution in [0.3, 0.4) is 0 Å². The third-order valence-corrected chi connectivity index (χ3v) is 3.89. The summed E-state index contributed by atoms with van der Waals surface area (Å²) in [5, 5.41) is 0. The van der Waals surface area contributed by atoms with E-state index in [1.165, 1.54) is 18.5 Å². The molecule has 0 saturated carbocycles. The summed E-state index contributed by atoms with van der Waals surface area (Å²) in [6.45, 7) is 2.14. The SMILES string of the molecule is CCOc1ccc(N)cc1S(=O)(=O)Nc1ccncc1. The first-order valence-electron chi connectivity index (χ1n) is 5.98. The van der Waals surface area contributed by atoms with Crippen LogP contribution in [0.25, 0.3) is 0 Å². The van der Waals surface area contributed by atoms with E-state index in [-0.39, 0.29) is 10.6 Å². The molecule has 20 heavy (non-hydrogen) atoms. The number of benzene rings is 1. The quantitative estimate of drug-likeness (QED) is 0.821. The van der Waals surface area contributed by atoms with E-state index in [0.717, 1.165) is 0 Å². The molecule has 0 radical (unpaired) electrons. The average Bonchev–Trinajstić information content (AvgIpc) is 2.41. The number of sulfonamides is 1. The molecule has 1 aromatic heterocycles. The fraction of sp³-hybridized carbons (Fsp3) is 0.154. The van der Waals surface area contributed by atoms with Crippen molar-refractivity contribution in [2.24, 2.45) is 0 Å². The van der Waals surface area contributed by atoms with Gasteiger partial charge < -0.3 is 10.5 Å². The van der Waals surface area contributed by atoms with Crippen molar-refractivity contribution in [2.75, 3.05) is 17.1 Å². The molecule has 6 nitrogen and oxygen atoms in total. The van der Waals surface area contributed by atoms with Crippen LogP contribution >= 0.6 is 0 Å². The molecule has 106 valence electrons. The summed E-state index contributed by atoms with van der Waals surface area (Å²) >= 11 is 0. The molecule has 0 atom stereocenters. The molecule has 1 aromatic carbocycles. The van der Waals surface area contributed by atoms with E-state index in [0.29, 0.717) is 18.0 Å². The Morgan fingerprint density at radius 3 is 2.60 bits per heavy atom. The summed E-state index contributed by atoms with van der Waals surface area (Å²) in [4.78, 5) is 3.84. The van der Waals surface area contributed by atoms with Gasteiger partial charge in [0, 0.05) is 18.1 Å². The molecule has 0 fully saturated rings. The molecule has 2 aromatic rings. The molecule has 0 aliphatic heterocycles. The first-order chi connectivity index (χ1) is 9.53. The lowest BCUT2D eigenvalue weighted by molar-refractivity contribution is 0.331. The van der Waals surface area contributed by atoms with Crippen LogP contribution in [-0.2, 0) is 10.0 Å². The van der Waals surface area contributed by atoms with E-state index in [2.05, 4.69) is 9.71 Å². The van der Waals surface area contributed by atoms with Crippen molar-refractivity contribution in [2.45, 2.75) is 11.8 Å². The third kappa shape index (κ3) is 3.18. The number of hydrogen-bond acceptors (Lipinski definition) is 5. The van der Waals surface area contributed by atoms with Crippen molar-refractivity contribution < 1.29 is 13.2 Å².